The standard InChI is InChI=1S/C12H12ClN3S2/c13-10-3-1-9(2-4-10)5-6-14-11(17)16-12-15-7-8-18-12/h1-4,7-8H,5-6H2,(H2,14,15,16,17). The van der Waals surface area contributed by atoms with E-state index in [-0.39, 0.29) is 0 Å². The Bertz CT molecular complexity index is 497. The van der Waals surface area contributed by atoms with Gasteiger partial charge in [0.15, 0.2) is 10.2 Å². The first-order chi connectivity index (χ1) is 8.74. The van der Waals surface area contributed by atoms with Crippen LogP contribution in [0.4, 0.5) is 5.13 Å². The molecular weight excluding hydrogens is 286 g/mol. The summed E-state index contributed by atoms with van der Waals surface area (Å²) in [6.45, 7) is 0.777. The van der Waals surface area contributed by atoms with Gasteiger partial charge < -0.3 is 10.6 Å². The molecule has 6 heteroatoms. The van der Waals surface area contributed by atoms with Crippen molar-refractivity contribution in [1.29, 1.82) is 0 Å². The van der Waals surface area contributed by atoms with Crippen molar-refractivity contribution in [3.05, 3.63) is 46.4 Å². The molecule has 3 nitrogen and oxygen atoms in total. The number of hydrogen-bond acceptors (Lipinski definition) is 3. The second-order valence-electron chi connectivity index (χ2n) is 3.59. The molecule has 2 aromatic rings. The molecule has 0 aliphatic heterocycles. The first kappa shape index (κ1) is 13.3. The predicted octanol–water partition coefficient (Wildman–Crippen LogP) is 3.33. The SMILES string of the molecule is S=C(NCCc1ccc(Cl)cc1)Nc1nccs1. The van der Waals surface area contributed by atoms with Crippen LogP contribution >= 0.6 is 35.2 Å². The lowest BCUT2D eigenvalue weighted by molar-refractivity contribution is 0.873. The molecule has 0 fully saturated rings. The van der Waals surface area contributed by atoms with Crippen LogP contribution in [0.15, 0.2) is 35.8 Å². The van der Waals surface area contributed by atoms with Gasteiger partial charge in [0.1, 0.15) is 0 Å². The van der Waals surface area contributed by atoms with Gasteiger partial charge in [0.05, 0.1) is 0 Å². The molecule has 2 N–H and O–H groups in total. The number of thiocarbonyl (C=S) groups is 1. The Balaban J connectivity index is 1.72. The molecule has 94 valence electrons. The molecule has 0 amide bonds. The lowest BCUT2D eigenvalue weighted by atomic mass is 10.1. The fraction of sp³-hybridized carbons (Fsp3) is 0.167. The first-order valence-electron chi connectivity index (χ1n) is 5.43. The van der Waals surface area contributed by atoms with E-state index in [1.807, 2.05) is 29.6 Å². The lowest BCUT2D eigenvalue weighted by Gasteiger charge is -2.08. The average molecular weight is 298 g/mol. The average Bonchev–Trinajstić information content (AvgIpc) is 2.84. The van der Waals surface area contributed by atoms with Crippen molar-refractivity contribution in [2.75, 3.05) is 11.9 Å². The zero-order chi connectivity index (χ0) is 12.8. The number of nitrogens with one attached hydrogen (secondary N) is 2. The molecule has 2 rings (SSSR count). The van der Waals surface area contributed by atoms with Crippen LogP contribution in [0.25, 0.3) is 0 Å². The van der Waals surface area contributed by atoms with Crippen molar-refractivity contribution in [3.63, 3.8) is 0 Å². The Labute approximate surface area is 120 Å². The zero-order valence-corrected chi connectivity index (χ0v) is 11.9. The van der Waals surface area contributed by atoms with E-state index in [9.17, 15) is 0 Å². The smallest absolute Gasteiger partial charge is 0.188 e. The van der Waals surface area contributed by atoms with E-state index in [1.165, 1.54) is 16.9 Å². The minimum absolute atomic E-state index is 0.596. The summed E-state index contributed by atoms with van der Waals surface area (Å²) < 4.78 is 0. The minimum Gasteiger partial charge on any atom is -0.362 e. The summed E-state index contributed by atoms with van der Waals surface area (Å²) in [5.74, 6) is 0. The van der Waals surface area contributed by atoms with Gasteiger partial charge in [-0.05, 0) is 36.3 Å². The Kier molecular flexibility index (Phi) is 4.92. The summed E-state index contributed by atoms with van der Waals surface area (Å²) in [5.41, 5.74) is 1.23. The molecule has 1 aromatic carbocycles. The quantitative estimate of drug-likeness (QED) is 0.849. The number of nitrogens with zero attached hydrogens (tertiary/aromatic N) is 1. The largest absolute Gasteiger partial charge is 0.362 e. The lowest BCUT2D eigenvalue weighted by Crippen LogP contribution is -2.30. The van der Waals surface area contributed by atoms with Crippen molar-refractivity contribution in [1.82, 2.24) is 10.3 Å². The summed E-state index contributed by atoms with van der Waals surface area (Å²) in [7, 11) is 0. The molecule has 1 heterocycles. The molecule has 0 aliphatic rings. The van der Waals surface area contributed by atoms with Crippen LogP contribution in [-0.2, 0) is 6.42 Å². The molecule has 0 unspecified atom stereocenters. The predicted molar refractivity (Wildman–Crippen MR) is 81.5 cm³/mol. The van der Waals surface area contributed by atoms with E-state index in [0.29, 0.717) is 5.11 Å². The summed E-state index contributed by atoms with van der Waals surface area (Å²) in [5, 5.41) is 10.2. The maximum Gasteiger partial charge on any atom is 0.188 e. The Morgan fingerprint density at radius 2 is 2.11 bits per heavy atom. The molecule has 18 heavy (non-hydrogen) atoms. The maximum atomic E-state index is 5.82. The highest BCUT2D eigenvalue weighted by atomic mass is 35.5. The highest BCUT2D eigenvalue weighted by molar-refractivity contribution is 7.80. The van der Waals surface area contributed by atoms with Gasteiger partial charge in [-0.25, -0.2) is 4.98 Å². The molecule has 0 atom stereocenters. The summed E-state index contributed by atoms with van der Waals surface area (Å²) in [6.07, 6.45) is 2.64. The molecule has 0 aliphatic carbocycles. The van der Waals surface area contributed by atoms with Crippen molar-refractivity contribution in [2.24, 2.45) is 0 Å². The third-order valence-corrected chi connectivity index (χ3v) is 3.45. The number of aromatic nitrogens is 1. The fourth-order valence-corrected chi connectivity index (χ4v) is 2.32. The molecule has 0 saturated carbocycles. The van der Waals surface area contributed by atoms with E-state index < -0.39 is 0 Å². The van der Waals surface area contributed by atoms with Crippen molar-refractivity contribution >= 4 is 45.4 Å². The normalized spacial score (nSPS) is 10.1. The number of anilines is 1. The van der Waals surface area contributed by atoms with Crippen LogP contribution in [-0.4, -0.2) is 16.6 Å². The van der Waals surface area contributed by atoms with Gasteiger partial charge in [-0.1, -0.05) is 23.7 Å². The van der Waals surface area contributed by atoms with Crippen LogP contribution in [0.3, 0.4) is 0 Å². The number of rotatable bonds is 4. The van der Waals surface area contributed by atoms with Crippen molar-refractivity contribution in [2.45, 2.75) is 6.42 Å². The van der Waals surface area contributed by atoms with Gasteiger partial charge in [-0.3, -0.25) is 0 Å². The summed E-state index contributed by atoms with van der Waals surface area (Å²) in [6, 6.07) is 7.81. The zero-order valence-electron chi connectivity index (χ0n) is 9.52. The third kappa shape index (κ3) is 4.25. The molecule has 1 aromatic heterocycles. The number of hydrogen-bond donors (Lipinski definition) is 2. The van der Waals surface area contributed by atoms with Gasteiger partial charge in [0.25, 0.3) is 0 Å². The van der Waals surface area contributed by atoms with Crippen LogP contribution in [0.2, 0.25) is 5.02 Å². The molecule has 0 radical (unpaired) electrons. The highest BCUT2D eigenvalue weighted by Crippen LogP contribution is 2.10. The van der Waals surface area contributed by atoms with E-state index in [4.69, 9.17) is 23.8 Å². The Morgan fingerprint density at radius 1 is 1.33 bits per heavy atom. The van der Waals surface area contributed by atoms with Crippen LogP contribution < -0.4 is 10.6 Å². The van der Waals surface area contributed by atoms with Gasteiger partial charge in [-0.2, -0.15) is 0 Å². The molecule has 0 spiro atoms. The second-order valence-corrected chi connectivity index (χ2v) is 5.33. The fourth-order valence-electron chi connectivity index (χ4n) is 1.40. The van der Waals surface area contributed by atoms with Crippen LogP contribution in [0, 0.1) is 0 Å². The van der Waals surface area contributed by atoms with Gasteiger partial charge in [-0.15, -0.1) is 11.3 Å². The first-order valence-corrected chi connectivity index (χ1v) is 7.09. The van der Waals surface area contributed by atoms with Crippen molar-refractivity contribution in [3.8, 4) is 0 Å². The highest BCUT2D eigenvalue weighted by Gasteiger charge is 1.99. The number of benzene rings is 1. The van der Waals surface area contributed by atoms with Crippen LogP contribution in [0.5, 0.6) is 0 Å². The Morgan fingerprint density at radius 3 is 2.78 bits per heavy atom. The van der Waals surface area contributed by atoms with E-state index in [1.54, 1.807) is 6.20 Å². The number of thiazole rings is 1. The van der Waals surface area contributed by atoms with E-state index in [2.05, 4.69) is 15.6 Å². The topological polar surface area (TPSA) is 37.0 Å². The Hall–Kier alpha value is -1.17. The molecular formula is C12H12ClN3S2. The van der Waals surface area contributed by atoms with E-state index >= 15 is 0 Å². The number of halogens is 1. The van der Waals surface area contributed by atoms with Gasteiger partial charge in [0, 0.05) is 23.1 Å². The molecule has 0 bridgehead atoms. The van der Waals surface area contributed by atoms with Crippen LogP contribution in [0.1, 0.15) is 5.56 Å². The third-order valence-electron chi connectivity index (χ3n) is 2.27. The maximum absolute atomic E-state index is 5.82. The van der Waals surface area contributed by atoms with E-state index in [0.717, 1.165) is 23.1 Å². The van der Waals surface area contributed by atoms with Gasteiger partial charge in [0.2, 0.25) is 0 Å². The summed E-state index contributed by atoms with van der Waals surface area (Å²) in [4.78, 5) is 4.10. The van der Waals surface area contributed by atoms with Gasteiger partial charge >= 0.3 is 0 Å². The monoisotopic (exact) mass is 297 g/mol. The molecule has 0 saturated heterocycles. The summed E-state index contributed by atoms with van der Waals surface area (Å²) >= 11 is 12.5. The second kappa shape index (κ2) is 6.68. The minimum atomic E-state index is 0.596. The van der Waals surface area contributed by atoms with Crippen molar-refractivity contribution < 1.29 is 0 Å².